The molecular weight excluding hydrogens is 342 g/mol. The van der Waals surface area contributed by atoms with Crippen molar-refractivity contribution in [1.29, 1.82) is 5.26 Å². The molecule has 0 bridgehead atoms. The number of rotatable bonds is 6. The summed E-state index contributed by atoms with van der Waals surface area (Å²) in [6.07, 6.45) is 6.75. The number of nitriles is 1. The molecular formula is C21H23N3O3. The number of allylic oxidation sites excluding steroid dienone is 2. The van der Waals surface area contributed by atoms with E-state index in [-0.39, 0.29) is 29.6 Å². The monoisotopic (exact) mass is 365 g/mol. The number of amides is 2. The van der Waals surface area contributed by atoms with Crippen molar-refractivity contribution in [1.82, 2.24) is 9.88 Å². The Morgan fingerprint density at radius 3 is 2.33 bits per heavy atom. The van der Waals surface area contributed by atoms with Crippen LogP contribution in [0.3, 0.4) is 0 Å². The number of carbonyl (C=O) groups excluding carboxylic acids is 3. The average molecular weight is 365 g/mol. The number of carbonyl (C=O) groups is 3. The summed E-state index contributed by atoms with van der Waals surface area (Å²) in [4.78, 5) is 44.4. The standard InChI is InChI=1S/C21H23N3O3/c1-13(2)11-18(19(25)16(12-22)17-9-5-6-10-23-17)24-20(26)14-7-3-4-8-15(14)21(24)27/h3-6,9-10,13-16,18H,7-8,11H2,1-2H3/t14-,15+,16-,18+/m0/s1. The first-order valence-corrected chi connectivity index (χ1v) is 9.31. The molecule has 0 saturated carbocycles. The highest BCUT2D eigenvalue weighted by Gasteiger charge is 2.52. The molecule has 3 rings (SSSR count). The SMILES string of the molecule is CC(C)C[C@H](C(=O)[C@@H](C#N)c1ccccn1)N1C(=O)[C@H]2CC=CC[C@H]2C1=O. The molecule has 0 unspecified atom stereocenters. The van der Waals surface area contributed by atoms with Crippen LogP contribution >= 0.6 is 0 Å². The summed E-state index contributed by atoms with van der Waals surface area (Å²) in [6.45, 7) is 3.87. The van der Waals surface area contributed by atoms with E-state index in [4.69, 9.17) is 0 Å². The molecule has 1 aliphatic carbocycles. The zero-order chi connectivity index (χ0) is 19.6. The van der Waals surface area contributed by atoms with Gasteiger partial charge in [-0.3, -0.25) is 24.3 Å². The van der Waals surface area contributed by atoms with Gasteiger partial charge in [-0.15, -0.1) is 0 Å². The number of hydrogen-bond acceptors (Lipinski definition) is 5. The van der Waals surface area contributed by atoms with Crippen LogP contribution in [0.5, 0.6) is 0 Å². The number of nitrogens with zero attached hydrogens (tertiary/aromatic N) is 3. The van der Waals surface area contributed by atoms with Crippen LogP contribution in [0.25, 0.3) is 0 Å². The lowest BCUT2D eigenvalue weighted by molar-refractivity contribution is -0.148. The Morgan fingerprint density at radius 1 is 1.22 bits per heavy atom. The molecule has 1 fully saturated rings. The molecule has 6 heteroatoms. The molecule has 2 amide bonds. The van der Waals surface area contributed by atoms with Crippen molar-refractivity contribution < 1.29 is 14.4 Å². The van der Waals surface area contributed by atoms with E-state index in [9.17, 15) is 19.6 Å². The van der Waals surface area contributed by atoms with Gasteiger partial charge in [-0.05, 0) is 37.3 Å². The molecule has 27 heavy (non-hydrogen) atoms. The van der Waals surface area contributed by atoms with Crippen LogP contribution < -0.4 is 0 Å². The molecule has 6 nitrogen and oxygen atoms in total. The largest absolute Gasteiger partial charge is 0.295 e. The van der Waals surface area contributed by atoms with E-state index >= 15 is 0 Å². The molecule has 4 atom stereocenters. The Kier molecular flexibility index (Phi) is 5.50. The molecule has 1 aromatic heterocycles. The van der Waals surface area contributed by atoms with Gasteiger partial charge in [-0.25, -0.2) is 0 Å². The first-order valence-electron chi connectivity index (χ1n) is 9.31. The molecule has 1 aromatic rings. The van der Waals surface area contributed by atoms with Gasteiger partial charge in [0.05, 0.1) is 23.6 Å². The van der Waals surface area contributed by atoms with Crippen LogP contribution in [0, 0.1) is 29.1 Å². The van der Waals surface area contributed by atoms with Gasteiger partial charge in [0.1, 0.15) is 12.0 Å². The molecule has 1 saturated heterocycles. The minimum atomic E-state index is -1.10. The van der Waals surface area contributed by atoms with Crippen molar-refractivity contribution in [3.63, 3.8) is 0 Å². The number of fused-ring (bicyclic) bond motifs is 1. The minimum absolute atomic E-state index is 0.0865. The van der Waals surface area contributed by atoms with Gasteiger partial charge in [0.25, 0.3) is 0 Å². The highest BCUT2D eigenvalue weighted by atomic mass is 16.2. The quantitative estimate of drug-likeness (QED) is 0.571. The number of hydrogen-bond donors (Lipinski definition) is 0. The van der Waals surface area contributed by atoms with Crippen LogP contribution in [0.4, 0.5) is 0 Å². The highest BCUT2D eigenvalue weighted by Crippen LogP contribution is 2.38. The van der Waals surface area contributed by atoms with Crippen molar-refractivity contribution >= 4 is 17.6 Å². The summed E-state index contributed by atoms with van der Waals surface area (Å²) < 4.78 is 0. The van der Waals surface area contributed by atoms with Crippen LogP contribution in [0.15, 0.2) is 36.5 Å². The van der Waals surface area contributed by atoms with E-state index in [0.29, 0.717) is 25.0 Å². The second kappa shape index (κ2) is 7.83. The lowest BCUT2D eigenvalue weighted by Gasteiger charge is -2.28. The molecule has 1 aliphatic heterocycles. The summed E-state index contributed by atoms with van der Waals surface area (Å²) in [7, 11) is 0. The third kappa shape index (κ3) is 3.55. The van der Waals surface area contributed by atoms with E-state index in [1.54, 1.807) is 18.2 Å². The maximum absolute atomic E-state index is 13.3. The number of imide groups is 1. The van der Waals surface area contributed by atoms with Gasteiger partial charge in [0.15, 0.2) is 5.78 Å². The van der Waals surface area contributed by atoms with Crippen LogP contribution in [0.2, 0.25) is 0 Å². The van der Waals surface area contributed by atoms with Crippen molar-refractivity contribution in [2.45, 2.75) is 45.1 Å². The Morgan fingerprint density at radius 2 is 1.85 bits per heavy atom. The fourth-order valence-electron chi connectivity index (χ4n) is 3.94. The van der Waals surface area contributed by atoms with Crippen molar-refractivity contribution in [3.8, 4) is 6.07 Å². The number of likely N-dealkylation sites (tertiary alicyclic amines) is 1. The van der Waals surface area contributed by atoms with E-state index in [0.717, 1.165) is 4.90 Å². The summed E-state index contributed by atoms with van der Waals surface area (Å²) in [5.74, 6) is -2.80. The lowest BCUT2D eigenvalue weighted by Crippen LogP contribution is -2.47. The summed E-state index contributed by atoms with van der Waals surface area (Å²) in [6, 6.07) is 6.13. The normalized spacial score (nSPS) is 23.9. The van der Waals surface area contributed by atoms with E-state index in [1.165, 1.54) is 6.20 Å². The first-order chi connectivity index (χ1) is 13.0. The Bertz CT molecular complexity index is 784. The predicted octanol–water partition coefficient (Wildman–Crippen LogP) is 2.62. The molecule has 0 N–H and O–H groups in total. The van der Waals surface area contributed by atoms with Crippen LogP contribution in [-0.2, 0) is 14.4 Å². The molecule has 140 valence electrons. The maximum Gasteiger partial charge on any atom is 0.234 e. The summed E-state index contributed by atoms with van der Waals surface area (Å²) in [5.41, 5.74) is 0.344. The summed E-state index contributed by atoms with van der Waals surface area (Å²) >= 11 is 0. The average Bonchev–Trinajstić information content (AvgIpc) is 2.92. The zero-order valence-corrected chi connectivity index (χ0v) is 15.5. The fourth-order valence-corrected chi connectivity index (χ4v) is 3.94. The Labute approximate surface area is 158 Å². The molecule has 2 heterocycles. The van der Waals surface area contributed by atoms with Gasteiger partial charge >= 0.3 is 0 Å². The number of aromatic nitrogens is 1. The second-order valence-corrected chi connectivity index (χ2v) is 7.57. The number of pyridine rings is 1. The van der Waals surface area contributed by atoms with Crippen molar-refractivity contribution in [2.75, 3.05) is 0 Å². The van der Waals surface area contributed by atoms with Crippen molar-refractivity contribution in [3.05, 3.63) is 42.2 Å². The van der Waals surface area contributed by atoms with Gasteiger partial charge < -0.3 is 0 Å². The molecule has 0 radical (unpaired) electrons. The summed E-state index contributed by atoms with van der Waals surface area (Å²) in [5, 5.41) is 9.60. The van der Waals surface area contributed by atoms with E-state index in [2.05, 4.69) is 4.98 Å². The minimum Gasteiger partial charge on any atom is -0.295 e. The van der Waals surface area contributed by atoms with Crippen LogP contribution in [-0.4, -0.2) is 33.5 Å². The number of Topliss-reactive ketones (excluding diaryl/α,β-unsaturated/α-hetero) is 1. The van der Waals surface area contributed by atoms with E-state index < -0.39 is 17.7 Å². The third-order valence-corrected chi connectivity index (χ3v) is 5.27. The smallest absolute Gasteiger partial charge is 0.234 e. The molecule has 0 spiro atoms. The van der Waals surface area contributed by atoms with Gasteiger partial charge in [-0.1, -0.05) is 32.1 Å². The fraction of sp³-hybridized carbons (Fsp3) is 0.476. The zero-order valence-electron chi connectivity index (χ0n) is 15.5. The topological polar surface area (TPSA) is 91.1 Å². The van der Waals surface area contributed by atoms with Crippen LogP contribution in [0.1, 0.15) is 44.7 Å². The van der Waals surface area contributed by atoms with Gasteiger partial charge in [0, 0.05) is 6.20 Å². The predicted molar refractivity (Wildman–Crippen MR) is 98.0 cm³/mol. The lowest BCUT2D eigenvalue weighted by atomic mass is 9.85. The van der Waals surface area contributed by atoms with Gasteiger partial charge in [0.2, 0.25) is 11.8 Å². The van der Waals surface area contributed by atoms with Gasteiger partial charge in [-0.2, -0.15) is 5.26 Å². The van der Waals surface area contributed by atoms with Crippen molar-refractivity contribution in [2.24, 2.45) is 17.8 Å². The number of ketones is 1. The molecule has 2 aliphatic rings. The third-order valence-electron chi connectivity index (χ3n) is 5.27. The second-order valence-electron chi connectivity index (χ2n) is 7.57. The maximum atomic E-state index is 13.3. The highest BCUT2D eigenvalue weighted by molar-refractivity contribution is 6.09. The Hall–Kier alpha value is -2.81. The van der Waals surface area contributed by atoms with E-state index in [1.807, 2.05) is 32.1 Å². The molecule has 0 aromatic carbocycles. The first kappa shape index (κ1) is 19.0. The Balaban J connectivity index is 1.94.